The molecular weight excluding hydrogens is 268 g/mol. The maximum atomic E-state index is 12.3. The van der Waals surface area contributed by atoms with E-state index in [1.54, 1.807) is 0 Å². The number of carbonyl (C=O) groups excluding carboxylic acids is 1. The van der Waals surface area contributed by atoms with Crippen LogP contribution in [0.5, 0.6) is 0 Å². The van der Waals surface area contributed by atoms with Crippen LogP contribution in [0.15, 0.2) is 0 Å². The molecule has 18 heavy (non-hydrogen) atoms. The van der Waals surface area contributed by atoms with Crippen molar-refractivity contribution in [2.75, 3.05) is 19.1 Å². The first kappa shape index (κ1) is 18.1. The van der Waals surface area contributed by atoms with Crippen LogP contribution in [0.1, 0.15) is 39.0 Å². The number of carbonyl (C=O) groups is 1. The van der Waals surface area contributed by atoms with E-state index in [0.717, 1.165) is 37.9 Å². The number of hydrogen-bond acceptors (Lipinski definition) is 3. The summed E-state index contributed by atoms with van der Waals surface area (Å²) in [5.74, 6) is 1.58. The lowest BCUT2D eigenvalue weighted by Gasteiger charge is -2.32. The lowest BCUT2D eigenvalue weighted by atomic mass is 9.85. The summed E-state index contributed by atoms with van der Waals surface area (Å²) in [6.07, 6.45) is 7.25. The maximum Gasteiger partial charge on any atom is 0.225 e. The molecule has 3 unspecified atom stereocenters. The second kappa shape index (κ2) is 9.05. The normalized spacial score (nSPS) is 25.1. The molecule has 0 heterocycles. The van der Waals surface area contributed by atoms with Gasteiger partial charge in [0, 0.05) is 25.0 Å². The van der Waals surface area contributed by atoms with Crippen LogP contribution in [0, 0.1) is 5.92 Å². The minimum Gasteiger partial charge on any atom is -0.343 e. The van der Waals surface area contributed by atoms with Crippen molar-refractivity contribution in [2.24, 2.45) is 11.7 Å². The standard InChI is InChI=1S/C13H26N2OS.ClH/c1-10(7-8-17-3)15(2)13(16)11-5-4-6-12(14)9-11;/h10-12H,4-9,14H2,1-3H3;1H. The van der Waals surface area contributed by atoms with Crippen LogP contribution in [-0.4, -0.2) is 41.9 Å². The van der Waals surface area contributed by atoms with Crippen LogP contribution in [0.3, 0.4) is 0 Å². The average Bonchev–Trinajstić information content (AvgIpc) is 2.34. The minimum absolute atomic E-state index is 0. The van der Waals surface area contributed by atoms with Gasteiger partial charge in [-0.3, -0.25) is 4.79 Å². The molecule has 1 saturated carbocycles. The molecule has 1 aliphatic carbocycles. The molecule has 1 fully saturated rings. The summed E-state index contributed by atoms with van der Waals surface area (Å²) in [5, 5.41) is 0. The Morgan fingerprint density at radius 2 is 2.17 bits per heavy atom. The smallest absolute Gasteiger partial charge is 0.225 e. The molecule has 108 valence electrons. The highest BCUT2D eigenvalue weighted by Crippen LogP contribution is 2.25. The highest BCUT2D eigenvalue weighted by atomic mass is 35.5. The Morgan fingerprint density at radius 3 is 2.72 bits per heavy atom. The Labute approximate surface area is 122 Å². The molecule has 0 saturated heterocycles. The van der Waals surface area contributed by atoms with Crippen molar-refractivity contribution < 1.29 is 4.79 Å². The molecule has 5 heteroatoms. The number of nitrogens with zero attached hydrogens (tertiary/aromatic N) is 1. The fraction of sp³-hybridized carbons (Fsp3) is 0.923. The average molecular weight is 295 g/mol. The number of thioether (sulfide) groups is 1. The molecule has 3 nitrogen and oxygen atoms in total. The topological polar surface area (TPSA) is 46.3 Å². The molecule has 1 amide bonds. The van der Waals surface area contributed by atoms with Crippen LogP contribution >= 0.6 is 24.2 Å². The van der Waals surface area contributed by atoms with E-state index in [-0.39, 0.29) is 24.4 Å². The fourth-order valence-electron chi connectivity index (χ4n) is 2.44. The molecule has 0 aromatic carbocycles. The zero-order valence-electron chi connectivity index (χ0n) is 11.7. The second-order valence-corrected chi connectivity index (χ2v) is 6.19. The predicted molar refractivity (Wildman–Crippen MR) is 82.4 cm³/mol. The summed E-state index contributed by atoms with van der Waals surface area (Å²) in [6.45, 7) is 2.14. The van der Waals surface area contributed by atoms with Crippen molar-refractivity contribution in [2.45, 2.75) is 51.1 Å². The second-order valence-electron chi connectivity index (χ2n) is 5.20. The molecule has 0 radical (unpaired) electrons. The van der Waals surface area contributed by atoms with Gasteiger partial charge < -0.3 is 10.6 Å². The number of hydrogen-bond donors (Lipinski definition) is 1. The summed E-state index contributed by atoms with van der Waals surface area (Å²) in [7, 11) is 1.94. The summed E-state index contributed by atoms with van der Waals surface area (Å²) in [4.78, 5) is 14.2. The Morgan fingerprint density at radius 1 is 1.50 bits per heavy atom. The van der Waals surface area contributed by atoms with Crippen molar-refractivity contribution in [3.63, 3.8) is 0 Å². The van der Waals surface area contributed by atoms with E-state index in [1.807, 2.05) is 23.7 Å². The van der Waals surface area contributed by atoms with E-state index >= 15 is 0 Å². The molecule has 0 bridgehead atoms. The van der Waals surface area contributed by atoms with Crippen molar-refractivity contribution >= 4 is 30.1 Å². The van der Waals surface area contributed by atoms with E-state index in [1.165, 1.54) is 0 Å². The third kappa shape index (κ3) is 5.37. The van der Waals surface area contributed by atoms with Crippen LogP contribution in [-0.2, 0) is 4.79 Å². The molecule has 0 aliphatic heterocycles. The van der Waals surface area contributed by atoms with Crippen LogP contribution in [0.25, 0.3) is 0 Å². The summed E-state index contributed by atoms with van der Waals surface area (Å²) in [6, 6.07) is 0.570. The van der Waals surface area contributed by atoms with Gasteiger partial charge in [-0.1, -0.05) is 6.42 Å². The Hall–Kier alpha value is 0.0700. The highest BCUT2D eigenvalue weighted by Gasteiger charge is 2.28. The first-order chi connectivity index (χ1) is 8.06. The molecule has 0 aromatic rings. The van der Waals surface area contributed by atoms with Crippen molar-refractivity contribution in [1.29, 1.82) is 0 Å². The van der Waals surface area contributed by atoms with Crippen molar-refractivity contribution in [3.8, 4) is 0 Å². The van der Waals surface area contributed by atoms with Crippen LogP contribution in [0.2, 0.25) is 0 Å². The van der Waals surface area contributed by atoms with Gasteiger partial charge in [0.05, 0.1) is 0 Å². The third-order valence-electron chi connectivity index (χ3n) is 3.81. The van der Waals surface area contributed by atoms with E-state index in [4.69, 9.17) is 5.73 Å². The molecular formula is C13H27ClN2OS. The predicted octanol–water partition coefficient (Wildman–Crippen LogP) is 2.53. The van der Waals surface area contributed by atoms with E-state index in [0.29, 0.717) is 11.9 Å². The quantitative estimate of drug-likeness (QED) is 0.847. The van der Waals surface area contributed by atoms with Gasteiger partial charge in [0.2, 0.25) is 5.91 Å². The van der Waals surface area contributed by atoms with E-state index in [2.05, 4.69) is 13.2 Å². The summed E-state index contributed by atoms with van der Waals surface area (Å²) >= 11 is 1.84. The van der Waals surface area contributed by atoms with Gasteiger partial charge >= 0.3 is 0 Å². The van der Waals surface area contributed by atoms with Gasteiger partial charge in [-0.25, -0.2) is 0 Å². The zero-order valence-corrected chi connectivity index (χ0v) is 13.4. The van der Waals surface area contributed by atoms with E-state index in [9.17, 15) is 4.79 Å². The molecule has 3 atom stereocenters. The molecule has 1 rings (SSSR count). The van der Waals surface area contributed by atoms with Crippen molar-refractivity contribution in [1.82, 2.24) is 4.90 Å². The first-order valence-electron chi connectivity index (χ1n) is 6.57. The van der Waals surface area contributed by atoms with Crippen LogP contribution in [0.4, 0.5) is 0 Å². The summed E-state index contributed by atoms with van der Waals surface area (Å²) in [5.41, 5.74) is 5.95. The fourth-order valence-corrected chi connectivity index (χ4v) is 3.02. The number of halogens is 1. The van der Waals surface area contributed by atoms with Crippen molar-refractivity contribution in [3.05, 3.63) is 0 Å². The lowest BCUT2D eigenvalue weighted by molar-refractivity contribution is -0.137. The molecule has 2 N–H and O–H groups in total. The monoisotopic (exact) mass is 294 g/mol. The van der Waals surface area contributed by atoms with Gasteiger partial charge in [-0.15, -0.1) is 12.4 Å². The van der Waals surface area contributed by atoms with E-state index < -0.39 is 0 Å². The Balaban J connectivity index is 0.00000289. The molecule has 0 aromatic heterocycles. The van der Waals surface area contributed by atoms with Gasteiger partial charge in [0.15, 0.2) is 0 Å². The first-order valence-corrected chi connectivity index (χ1v) is 7.96. The van der Waals surface area contributed by atoms with Gasteiger partial charge in [-0.05, 0) is 44.6 Å². The van der Waals surface area contributed by atoms with Gasteiger partial charge in [0.1, 0.15) is 0 Å². The molecule has 1 aliphatic rings. The van der Waals surface area contributed by atoms with Crippen LogP contribution < -0.4 is 5.73 Å². The minimum atomic E-state index is 0. The third-order valence-corrected chi connectivity index (χ3v) is 4.46. The highest BCUT2D eigenvalue weighted by molar-refractivity contribution is 7.98. The largest absolute Gasteiger partial charge is 0.343 e. The zero-order chi connectivity index (χ0) is 12.8. The summed E-state index contributed by atoms with van der Waals surface area (Å²) < 4.78 is 0. The number of nitrogens with two attached hydrogens (primary N) is 1. The number of amides is 1. The number of rotatable bonds is 5. The Bertz CT molecular complexity index is 253. The Kier molecular flexibility index (Phi) is 9.09. The van der Waals surface area contributed by atoms with Gasteiger partial charge in [-0.2, -0.15) is 11.8 Å². The SMILES string of the molecule is CSCCC(C)N(C)C(=O)C1CCCC(N)C1.Cl. The molecule has 0 spiro atoms. The van der Waals surface area contributed by atoms with Gasteiger partial charge in [0.25, 0.3) is 0 Å². The lowest BCUT2D eigenvalue weighted by Crippen LogP contribution is -2.42. The maximum absolute atomic E-state index is 12.3.